The van der Waals surface area contributed by atoms with E-state index in [-0.39, 0.29) is 12.0 Å². The monoisotopic (exact) mass is 131 g/mol. The molecule has 1 aliphatic rings. The minimum absolute atomic E-state index is 0.0324. The van der Waals surface area contributed by atoms with Gasteiger partial charge in [0.2, 0.25) is 0 Å². The molecule has 1 aliphatic heterocycles. The molecule has 3 nitrogen and oxygen atoms in total. The van der Waals surface area contributed by atoms with Gasteiger partial charge in [0.25, 0.3) is 0 Å². The minimum atomic E-state index is -0.394. The Morgan fingerprint density at radius 1 is 1.56 bits per heavy atom. The summed E-state index contributed by atoms with van der Waals surface area (Å²) in [5, 5.41) is 21.2. The smallest absolute Gasteiger partial charge is 0.0729 e. The third-order valence-corrected chi connectivity index (χ3v) is 1.85. The van der Waals surface area contributed by atoms with Crippen molar-refractivity contribution < 1.29 is 10.2 Å². The van der Waals surface area contributed by atoms with Gasteiger partial charge in [-0.15, -0.1) is 0 Å². The number of rotatable bonds is 1. The van der Waals surface area contributed by atoms with Crippen molar-refractivity contribution in [3.05, 3.63) is 0 Å². The quantitative estimate of drug-likeness (QED) is 0.425. The molecule has 0 aliphatic carbocycles. The number of β-amino-alcohol motifs (C(OH)–C–C–N with tert-alkyl or cyclic N) is 1. The third-order valence-electron chi connectivity index (χ3n) is 1.85. The summed E-state index contributed by atoms with van der Waals surface area (Å²) in [6, 6.07) is 0. The number of aliphatic hydroxyl groups is 2. The van der Waals surface area contributed by atoms with Gasteiger partial charge < -0.3 is 15.5 Å². The molecule has 0 spiro atoms. The first kappa shape index (κ1) is 6.99. The van der Waals surface area contributed by atoms with Crippen LogP contribution in [0.25, 0.3) is 0 Å². The van der Waals surface area contributed by atoms with Crippen LogP contribution in [0.4, 0.5) is 0 Å². The van der Waals surface area contributed by atoms with E-state index in [1.807, 2.05) is 0 Å². The molecular weight excluding hydrogens is 118 g/mol. The summed E-state index contributed by atoms with van der Waals surface area (Å²) >= 11 is 0. The zero-order valence-electron chi connectivity index (χ0n) is 5.54. The molecule has 0 amide bonds. The van der Waals surface area contributed by atoms with Crippen molar-refractivity contribution in [3.63, 3.8) is 0 Å². The van der Waals surface area contributed by atoms with Gasteiger partial charge in [0.15, 0.2) is 0 Å². The van der Waals surface area contributed by atoms with Crippen LogP contribution in [0.3, 0.4) is 0 Å². The average Bonchev–Trinajstić information content (AvgIpc) is 2.13. The largest absolute Gasteiger partial charge is 0.393 e. The third kappa shape index (κ3) is 1.41. The van der Waals surface area contributed by atoms with E-state index < -0.39 is 6.10 Å². The highest BCUT2D eigenvalue weighted by atomic mass is 16.3. The van der Waals surface area contributed by atoms with Crippen molar-refractivity contribution in [3.8, 4) is 0 Å². The molecule has 54 valence electrons. The highest BCUT2D eigenvalue weighted by Crippen LogP contribution is 2.12. The van der Waals surface area contributed by atoms with E-state index in [1.165, 1.54) is 0 Å². The van der Waals surface area contributed by atoms with Gasteiger partial charge in [0.05, 0.1) is 12.2 Å². The molecule has 3 heteroatoms. The van der Waals surface area contributed by atoms with Crippen molar-refractivity contribution in [2.75, 3.05) is 13.1 Å². The van der Waals surface area contributed by atoms with Crippen LogP contribution in [0.1, 0.15) is 6.92 Å². The summed E-state index contributed by atoms with van der Waals surface area (Å²) in [5.41, 5.74) is 0. The molecule has 1 rings (SSSR count). The second-order valence-electron chi connectivity index (χ2n) is 2.63. The van der Waals surface area contributed by atoms with Crippen molar-refractivity contribution in [2.24, 2.45) is 5.92 Å². The van der Waals surface area contributed by atoms with Crippen LogP contribution >= 0.6 is 0 Å². The Hall–Kier alpha value is -0.120. The predicted octanol–water partition coefficient (Wildman–Crippen LogP) is -1.05. The predicted molar refractivity (Wildman–Crippen MR) is 34.0 cm³/mol. The second-order valence-corrected chi connectivity index (χ2v) is 2.63. The fourth-order valence-corrected chi connectivity index (χ4v) is 1.18. The molecule has 1 heterocycles. The molecule has 3 N–H and O–H groups in total. The molecule has 1 fully saturated rings. The Morgan fingerprint density at radius 3 is 2.44 bits per heavy atom. The lowest BCUT2D eigenvalue weighted by molar-refractivity contribution is 0.0530. The lowest BCUT2D eigenvalue weighted by Crippen LogP contribution is -2.27. The zero-order valence-corrected chi connectivity index (χ0v) is 5.54. The maximum absolute atomic E-state index is 9.14. The summed E-state index contributed by atoms with van der Waals surface area (Å²) in [7, 11) is 0. The first-order valence-corrected chi connectivity index (χ1v) is 3.28. The highest BCUT2D eigenvalue weighted by molar-refractivity contribution is 4.83. The van der Waals surface area contributed by atoms with Crippen molar-refractivity contribution in [1.29, 1.82) is 0 Å². The van der Waals surface area contributed by atoms with E-state index in [0.717, 1.165) is 6.54 Å². The molecule has 0 bridgehead atoms. The van der Waals surface area contributed by atoms with Gasteiger partial charge >= 0.3 is 0 Å². The maximum atomic E-state index is 9.14. The zero-order chi connectivity index (χ0) is 6.85. The average molecular weight is 131 g/mol. The number of hydrogen-bond acceptors (Lipinski definition) is 3. The summed E-state index contributed by atoms with van der Waals surface area (Å²) in [5.74, 6) is 0.0324. The van der Waals surface area contributed by atoms with Gasteiger partial charge in [-0.1, -0.05) is 0 Å². The maximum Gasteiger partial charge on any atom is 0.0729 e. The Bertz CT molecular complexity index is 95.1. The van der Waals surface area contributed by atoms with E-state index in [0.29, 0.717) is 6.54 Å². The van der Waals surface area contributed by atoms with Gasteiger partial charge in [0.1, 0.15) is 0 Å². The Kier molecular flexibility index (Phi) is 2.05. The fourth-order valence-electron chi connectivity index (χ4n) is 1.18. The van der Waals surface area contributed by atoms with Crippen LogP contribution < -0.4 is 5.32 Å². The van der Waals surface area contributed by atoms with Crippen LogP contribution in [-0.2, 0) is 0 Å². The topological polar surface area (TPSA) is 52.5 Å². The second kappa shape index (κ2) is 2.64. The molecule has 0 saturated carbocycles. The first-order valence-electron chi connectivity index (χ1n) is 3.28. The first-order chi connectivity index (χ1) is 4.22. The minimum Gasteiger partial charge on any atom is -0.393 e. The van der Waals surface area contributed by atoms with E-state index in [1.54, 1.807) is 6.92 Å². The van der Waals surface area contributed by atoms with Crippen LogP contribution in [-0.4, -0.2) is 35.5 Å². The summed E-state index contributed by atoms with van der Waals surface area (Å²) in [4.78, 5) is 0. The standard InChI is InChI=1S/C6H13NO2/c1-4(8)5-2-7-3-6(5)9/h4-9H,2-3H2,1H3. The normalized spacial score (nSPS) is 39.0. The summed E-state index contributed by atoms with van der Waals surface area (Å²) in [6.07, 6.45) is -0.750. The molecule has 0 aromatic heterocycles. The Morgan fingerprint density at radius 2 is 2.22 bits per heavy atom. The molecule has 3 atom stereocenters. The van der Waals surface area contributed by atoms with Gasteiger partial charge in [-0.3, -0.25) is 0 Å². The van der Waals surface area contributed by atoms with Crippen LogP contribution in [0.2, 0.25) is 0 Å². The van der Waals surface area contributed by atoms with Crippen LogP contribution in [0, 0.1) is 5.92 Å². The van der Waals surface area contributed by atoms with E-state index in [9.17, 15) is 0 Å². The molecular formula is C6H13NO2. The van der Waals surface area contributed by atoms with Gasteiger partial charge in [-0.05, 0) is 6.92 Å². The summed E-state index contributed by atoms with van der Waals surface area (Å²) in [6.45, 7) is 3.06. The fraction of sp³-hybridized carbons (Fsp3) is 1.00. The number of aliphatic hydroxyl groups excluding tert-OH is 2. The van der Waals surface area contributed by atoms with Gasteiger partial charge in [0, 0.05) is 19.0 Å². The van der Waals surface area contributed by atoms with Crippen LogP contribution in [0.15, 0.2) is 0 Å². The van der Waals surface area contributed by atoms with E-state index in [4.69, 9.17) is 10.2 Å². The van der Waals surface area contributed by atoms with Gasteiger partial charge in [-0.25, -0.2) is 0 Å². The SMILES string of the molecule is CC(O)C1CNCC1O. The van der Waals surface area contributed by atoms with Crippen molar-refractivity contribution in [1.82, 2.24) is 5.32 Å². The molecule has 0 aromatic carbocycles. The number of nitrogens with one attached hydrogen (secondary N) is 1. The molecule has 9 heavy (non-hydrogen) atoms. The number of hydrogen-bond donors (Lipinski definition) is 3. The molecule has 1 saturated heterocycles. The van der Waals surface area contributed by atoms with Crippen molar-refractivity contribution >= 4 is 0 Å². The lowest BCUT2D eigenvalue weighted by atomic mass is 10.0. The summed E-state index contributed by atoms with van der Waals surface area (Å²) < 4.78 is 0. The van der Waals surface area contributed by atoms with Crippen molar-refractivity contribution in [2.45, 2.75) is 19.1 Å². The molecule has 0 aromatic rings. The molecule has 3 unspecified atom stereocenters. The van der Waals surface area contributed by atoms with E-state index in [2.05, 4.69) is 5.32 Å². The Labute approximate surface area is 54.7 Å². The lowest BCUT2D eigenvalue weighted by Gasteiger charge is -2.15. The van der Waals surface area contributed by atoms with E-state index >= 15 is 0 Å². The van der Waals surface area contributed by atoms with Crippen LogP contribution in [0.5, 0.6) is 0 Å². The Balaban J connectivity index is 2.40. The highest BCUT2D eigenvalue weighted by Gasteiger charge is 2.28. The molecule has 0 radical (unpaired) electrons. The van der Waals surface area contributed by atoms with Gasteiger partial charge in [-0.2, -0.15) is 0 Å².